The molecule has 162 valence electrons. The van der Waals surface area contributed by atoms with Crippen LogP contribution < -0.4 is 4.72 Å². The molecule has 1 amide bonds. The van der Waals surface area contributed by atoms with Gasteiger partial charge in [0.1, 0.15) is 11.6 Å². The molecule has 0 aromatic heterocycles. The molecule has 0 aliphatic heterocycles. The first-order chi connectivity index (χ1) is 14.3. The molecule has 0 saturated heterocycles. The van der Waals surface area contributed by atoms with Crippen LogP contribution in [0.4, 0.5) is 8.78 Å². The van der Waals surface area contributed by atoms with Crippen molar-refractivity contribution < 1.29 is 22.0 Å². The van der Waals surface area contributed by atoms with Gasteiger partial charge in [0.15, 0.2) is 0 Å². The highest BCUT2D eigenvalue weighted by Gasteiger charge is 2.27. The number of halogens is 2. The Morgan fingerprint density at radius 1 is 1.10 bits per heavy atom. The predicted molar refractivity (Wildman–Crippen MR) is 110 cm³/mol. The first-order valence-corrected chi connectivity index (χ1v) is 11.5. The number of carbonyl (C=O) groups is 1. The van der Waals surface area contributed by atoms with Gasteiger partial charge in [0.05, 0.1) is 4.90 Å². The number of carbonyl (C=O) groups excluding carboxylic acids is 1. The average molecular weight is 437 g/mol. The molecule has 1 fully saturated rings. The van der Waals surface area contributed by atoms with Crippen LogP contribution in [0, 0.1) is 11.6 Å². The molecule has 1 aliphatic carbocycles. The van der Waals surface area contributed by atoms with E-state index in [2.05, 4.69) is 4.72 Å². The van der Waals surface area contributed by atoms with Crippen molar-refractivity contribution in [2.45, 2.75) is 56.0 Å². The maximum absolute atomic E-state index is 14.1. The van der Waals surface area contributed by atoms with Crippen LogP contribution in [-0.4, -0.2) is 32.3 Å². The van der Waals surface area contributed by atoms with Crippen LogP contribution in [0.5, 0.6) is 0 Å². The van der Waals surface area contributed by atoms with E-state index in [1.807, 2.05) is 0 Å². The highest BCUT2D eigenvalue weighted by Crippen LogP contribution is 2.27. The van der Waals surface area contributed by atoms with E-state index < -0.39 is 21.7 Å². The Labute approximate surface area is 176 Å². The largest absolute Gasteiger partial charge is 0.335 e. The molecule has 8 heteroatoms. The second-order valence-electron chi connectivity index (χ2n) is 7.55. The number of benzene rings is 2. The van der Waals surface area contributed by atoms with E-state index in [1.165, 1.54) is 31.3 Å². The van der Waals surface area contributed by atoms with Crippen molar-refractivity contribution in [2.75, 3.05) is 7.05 Å². The first-order valence-electron chi connectivity index (χ1n) is 10.1. The fourth-order valence-electron chi connectivity index (χ4n) is 3.82. The molecule has 30 heavy (non-hydrogen) atoms. The second-order valence-corrected chi connectivity index (χ2v) is 9.43. The van der Waals surface area contributed by atoms with Gasteiger partial charge < -0.3 is 4.90 Å². The molecule has 2 aromatic rings. The van der Waals surface area contributed by atoms with E-state index in [0.29, 0.717) is 12.0 Å². The molecule has 1 saturated carbocycles. The van der Waals surface area contributed by atoms with Crippen molar-refractivity contribution in [1.29, 1.82) is 0 Å². The summed E-state index contributed by atoms with van der Waals surface area (Å²) in [6.07, 6.45) is 4.50. The summed E-state index contributed by atoms with van der Waals surface area (Å²) in [6, 6.07) is 9.89. The molecule has 3 rings (SSSR count). The fourth-order valence-corrected chi connectivity index (χ4v) is 4.55. The summed E-state index contributed by atoms with van der Waals surface area (Å²) in [7, 11) is -2.15. The Hall–Kier alpha value is -2.32. The molecule has 2 aromatic carbocycles. The highest BCUT2D eigenvalue weighted by molar-refractivity contribution is 7.89. The lowest BCUT2D eigenvalue weighted by molar-refractivity contribution is -0.134. The Morgan fingerprint density at radius 3 is 2.37 bits per heavy atom. The molecule has 0 heterocycles. The van der Waals surface area contributed by atoms with Gasteiger partial charge in [-0.15, -0.1) is 0 Å². The topological polar surface area (TPSA) is 66.5 Å². The van der Waals surface area contributed by atoms with Crippen LogP contribution in [-0.2, 0) is 27.8 Å². The summed E-state index contributed by atoms with van der Waals surface area (Å²) < 4.78 is 53.2. The van der Waals surface area contributed by atoms with E-state index in [0.717, 1.165) is 37.3 Å². The van der Waals surface area contributed by atoms with Crippen molar-refractivity contribution in [3.8, 4) is 0 Å². The molecule has 1 N–H and O–H groups in total. The lowest BCUT2D eigenvalue weighted by Gasteiger charge is -2.29. The van der Waals surface area contributed by atoms with Gasteiger partial charge in [0, 0.05) is 30.6 Å². The van der Waals surface area contributed by atoms with Crippen LogP contribution in [0.1, 0.15) is 43.2 Å². The van der Waals surface area contributed by atoms with Crippen LogP contribution in [0.15, 0.2) is 47.4 Å². The van der Waals surface area contributed by atoms with Crippen molar-refractivity contribution >= 4 is 15.9 Å². The third-order valence-corrected chi connectivity index (χ3v) is 7.00. The lowest BCUT2D eigenvalue weighted by atomic mass is 10.1. The number of nitrogens with zero attached hydrogens (tertiary/aromatic N) is 1. The minimum absolute atomic E-state index is 0.0603. The SMILES string of the molecule is CNS(=O)(=O)c1ccc(CCC(=O)N(Cc2ccc(F)cc2F)C2CCCC2)cc1. The Kier molecular flexibility index (Phi) is 7.20. The van der Waals surface area contributed by atoms with Crippen LogP contribution in [0.2, 0.25) is 0 Å². The number of hydrogen-bond donors (Lipinski definition) is 1. The third kappa shape index (κ3) is 5.43. The molecular formula is C22H26F2N2O3S. The Bertz CT molecular complexity index is 988. The quantitative estimate of drug-likeness (QED) is 0.685. The summed E-state index contributed by atoms with van der Waals surface area (Å²) >= 11 is 0. The zero-order valence-electron chi connectivity index (χ0n) is 16.9. The molecule has 1 aliphatic rings. The first kappa shape index (κ1) is 22.4. The standard InChI is InChI=1S/C22H26F2N2O3S/c1-25-30(28,29)20-11-6-16(7-12-20)8-13-22(27)26(19-4-2-3-5-19)15-17-9-10-18(23)14-21(17)24/h6-7,9-12,14,19,25H,2-5,8,13,15H2,1H3. The molecule has 0 unspecified atom stereocenters. The zero-order valence-corrected chi connectivity index (χ0v) is 17.7. The fraction of sp³-hybridized carbons (Fsp3) is 0.409. The van der Waals surface area contributed by atoms with E-state index >= 15 is 0 Å². The molecule has 5 nitrogen and oxygen atoms in total. The summed E-state index contributed by atoms with van der Waals surface area (Å²) in [5, 5.41) is 0. The number of hydrogen-bond acceptors (Lipinski definition) is 3. The monoisotopic (exact) mass is 436 g/mol. The Morgan fingerprint density at radius 2 is 1.77 bits per heavy atom. The molecule has 0 radical (unpaired) electrons. The smallest absolute Gasteiger partial charge is 0.240 e. The maximum atomic E-state index is 14.1. The summed E-state index contributed by atoms with van der Waals surface area (Å²) in [5.41, 5.74) is 1.15. The summed E-state index contributed by atoms with van der Waals surface area (Å²) in [5.74, 6) is -1.37. The van der Waals surface area contributed by atoms with Crippen molar-refractivity contribution in [1.82, 2.24) is 9.62 Å². The maximum Gasteiger partial charge on any atom is 0.240 e. The number of amides is 1. The zero-order chi connectivity index (χ0) is 21.7. The van der Waals surface area contributed by atoms with E-state index in [9.17, 15) is 22.0 Å². The third-order valence-electron chi connectivity index (χ3n) is 5.57. The average Bonchev–Trinajstić information content (AvgIpc) is 3.26. The van der Waals surface area contributed by atoms with Gasteiger partial charge in [0.2, 0.25) is 15.9 Å². The Balaban J connectivity index is 1.69. The molecule has 0 atom stereocenters. The van der Waals surface area contributed by atoms with Crippen molar-refractivity contribution in [2.24, 2.45) is 0 Å². The van der Waals surface area contributed by atoms with E-state index in [1.54, 1.807) is 17.0 Å². The van der Waals surface area contributed by atoms with Gasteiger partial charge in [-0.3, -0.25) is 4.79 Å². The van der Waals surface area contributed by atoms with Crippen molar-refractivity contribution in [3.05, 3.63) is 65.2 Å². The van der Waals surface area contributed by atoms with Gasteiger partial charge >= 0.3 is 0 Å². The van der Waals surface area contributed by atoms with E-state index in [-0.39, 0.29) is 29.8 Å². The van der Waals surface area contributed by atoms with Crippen LogP contribution in [0.25, 0.3) is 0 Å². The number of sulfonamides is 1. The number of nitrogens with one attached hydrogen (secondary N) is 1. The molecule has 0 bridgehead atoms. The second kappa shape index (κ2) is 9.66. The normalized spacial score (nSPS) is 14.8. The van der Waals surface area contributed by atoms with Gasteiger partial charge in [-0.05, 0) is 50.1 Å². The summed E-state index contributed by atoms with van der Waals surface area (Å²) in [6.45, 7) is 0.120. The van der Waals surface area contributed by atoms with Gasteiger partial charge in [-0.2, -0.15) is 0 Å². The number of rotatable bonds is 8. The van der Waals surface area contributed by atoms with Gasteiger partial charge in [-0.25, -0.2) is 21.9 Å². The lowest BCUT2D eigenvalue weighted by Crippen LogP contribution is -2.38. The predicted octanol–water partition coefficient (Wildman–Crippen LogP) is 3.78. The van der Waals surface area contributed by atoms with Gasteiger partial charge in [-0.1, -0.05) is 31.0 Å². The minimum atomic E-state index is -3.50. The summed E-state index contributed by atoms with van der Waals surface area (Å²) in [4.78, 5) is 14.9. The van der Waals surface area contributed by atoms with Crippen LogP contribution in [0.3, 0.4) is 0 Å². The minimum Gasteiger partial charge on any atom is -0.335 e. The molecule has 0 spiro atoms. The molecular weight excluding hydrogens is 410 g/mol. The highest BCUT2D eigenvalue weighted by atomic mass is 32.2. The van der Waals surface area contributed by atoms with E-state index in [4.69, 9.17) is 0 Å². The van der Waals surface area contributed by atoms with Crippen LogP contribution >= 0.6 is 0 Å². The number of aryl methyl sites for hydroxylation is 1. The van der Waals surface area contributed by atoms with Crippen molar-refractivity contribution in [3.63, 3.8) is 0 Å². The van der Waals surface area contributed by atoms with Gasteiger partial charge in [0.25, 0.3) is 0 Å².